The van der Waals surface area contributed by atoms with Gasteiger partial charge in [-0.2, -0.15) is 0 Å². The Morgan fingerprint density at radius 1 is 1.11 bits per heavy atom. The van der Waals surface area contributed by atoms with Crippen molar-refractivity contribution < 1.29 is 18.7 Å². The van der Waals surface area contributed by atoms with Crippen LogP contribution in [0.15, 0.2) is 77.5 Å². The van der Waals surface area contributed by atoms with Crippen molar-refractivity contribution in [3.05, 3.63) is 84.4 Å². The van der Waals surface area contributed by atoms with Crippen LogP contribution >= 0.6 is 0 Å². The summed E-state index contributed by atoms with van der Waals surface area (Å²) in [6.45, 7) is 1.94. The van der Waals surface area contributed by atoms with Crippen molar-refractivity contribution in [2.75, 3.05) is 19.0 Å². The molecule has 0 saturated heterocycles. The first-order valence-electron chi connectivity index (χ1n) is 11.5. The number of carbonyl (C=O) groups excluding carboxylic acids is 2. The molecule has 2 amide bonds. The molecule has 2 heterocycles. The Kier molecular flexibility index (Phi) is 6.10. The molecule has 1 aliphatic rings. The second-order valence-electron chi connectivity index (χ2n) is 8.57. The number of benzene rings is 2. The lowest BCUT2D eigenvalue weighted by Crippen LogP contribution is -2.39. The van der Waals surface area contributed by atoms with Crippen molar-refractivity contribution in [1.82, 2.24) is 14.5 Å². The van der Waals surface area contributed by atoms with Gasteiger partial charge in [-0.25, -0.2) is 4.98 Å². The van der Waals surface area contributed by atoms with Gasteiger partial charge in [-0.3, -0.25) is 19.5 Å². The van der Waals surface area contributed by atoms with Gasteiger partial charge in [0.1, 0.15) is 12.3 Å². The number of furan rings is 1. The van der Waals surface area contributed by atoms with Crippen molar-refractivity contribution in [1.29, 1.82) is 0 Å². The topological polar surface area (TPSA) is 89.6 Å². The molecule has 1 aliphatic carbocycles. The van der Waals surface area contributed by atoms with Crippen LogP contribution in [0.25, 0.3) is 16.9 Å². The van der Waals surface area contributed by atoms with Gasteiger partial charge in [0.15, 0.2) is 5.76 Å². The molecule has 2 aromatic heterocycles. The lowest BCUT2D eigenvalue weighted by Gasteiger charge is -2.20. The van der Waals surface area contributed by atoms with Crippen molar-refractivity contribution in [3.8, 4) is 22.7 Å². The van der Waals surface area contributed by atoms with E-state index in [-0.39, 0.29) is 30.2 Å². The minimum Gasteiger partial charge on any atom is -0.497 e. The molecule has 2 aromatic carbocycles. The highest BCUT2D eigenvalue weighted by molar-refractivity contribution is 5.98. The van der Waals surface area contributed by atoms with Crippen molar-refractivity contribution in [3.63, 3.8) is 0 Å². The van der Waals surface area contributed by atoms with Crippen LogP contribution in [-0.4, -0.2) is 46.0 Å². The molecule has 0 aliphatic heterocycles. The van der Waals surface area contributed by atoms with Crippen LogP contribution < -0.4 is 10.1 Å². The summed E-state index contributed by atoms with van der Waals surface area (Å²) in [6, 6.07) is 18.9. The summed E-state index contributed by atoms with van der Waals surface area (Å²) in [4.78, 5) is 32.2. The molecular formula is C27H26N4O4. The van der Waals surface area contributed by atoms with Gasteiger partial charge in [0.25, 0.3) is 5.91 Å². The molecule has 8 heteroatoms. The number of anilines is 1. The minimum absolute atomic E-state index is 0.0463. The predicted octanol–water partition coefficient (Wildman–Crippen LogP) is 4.69. The van der Waals surface area contributed by atoms with Crippen molar-refractivity contribution in [2.45, 2.75) is 25.8 Å². The lowest BCUT2D eigenvalue weighted by molar-refractivity contribution is -0.117. The van der Waals surface area contributed by atoms with Crippen LogP contribution in [0.4, 0.5) is 5.95 Å². The van der Waals surface area contributed by atoms with E-state index in [9.17, 15) is 9.59 Å². The zero-order chi connectivity index (χ0) is 24.4. The van der Waals surface area contributed by atoms with E-state index in [0.29, 0.717) is 11.6 Å². The molecule has 0 atom stereocenters. The van der Waals surface area contributed by atoms with Crippen molar-refractivity contribution in [2.24, 2.45) is 0 Å². The van der Waals surface area contributed by atoms with E-state index in [4.69, 9.17) is 14.1 Å². The van der Waals surface area contributed by atoms with E-state index in [1.54, 1.807) is 24.1 Å². The third kappa shape index (κ3) is 4.96. The number of methoxy groups -OCH3 is 1. The fraction of sp³-hybridized carbons (Fsp3) is 0.222. The number of amides is 2. The highest BCUT2D eigenvalue weighted by Crippen LogP contribution is 2.29. The predicted molar refractivity (Wildman–Crippen MR) is 132 cm³/mol. The number of rotatable bonds is 8. The van der Waals surface area contributed by atoms with Gasteiger partial charge >= 0.3 is 0 Å². The lowest BCUT2D eigenvalue weighted by atomic mass is 10.1. The molecule has 0 spiro atoms. The number of aromatic nitrogens is 2. The number of nitrogens with zero attached hydrogens (tertiary/aromatic N) is 3. The summed E-state index contributed by atoms with van der Waals surface area (Å²) in [5.74, 6) is 0.755. The Hall–Kier alpha value is -4.33. The molecule has 8 nitrogen and oxygen atoms in total. The van der Waals surface area contributed by atoms with Gasteiger partial charge in [0.2, 0.25) is 11.9 Å². The molecular weight excluding hydrogens is 444 g/mol. The smallest absolute Gasteiger partial charge is 0.290 e. The number of hydrogen-bond donors (Lipinski definition) is 1. The van der Waals surface area contributed by atoms with Gasteiger partial charge in [-0.05, 0) is 68.3 Å². The van der Waals surface area contributed by atoms with Crippen LogP contribution in [0.2, 0.25) is 0 Å². The average molecular weight is 471 g/mol. The number of aryl methyl sites for hydroxylation is 1. The van der Waals surface area contributed by atoms with E-state index in [0.717, 1.165) is 35.4 Å². The van der Waals surface area contributed by atoms with Crippen LogP contribution in [0, 0.1) is 6.92 Å². The summed E-state index contributed by atoms with van der Waals surface area (Å²) < 4.78 is 12.4. The molecule has 0 unspecified atom stereocenters. The second-order valence-corrected chi connectivity index (χ2v) is 8.57. The van der Waals surface area contributed by atoms with Crippen LogP contribution in [-0.2, 0) is 4.79 Å². The summed E-state index contributed by atoms with van der Waals surface area (Å²) >= 11 is 0. The summed E-state index contributed by atoms with van der Waals surface area (Å²) in [5, 5.41) is 2.91. The normalized spacial score (nSPS) is 12.9. The van der Waals surface area contributed by atoms with E-state index in [1.807, 2.05) is 66.2 Å². The highest BCUT2D eigenvalue weighted by atomic mass is 16.5. The summed E-state index contributed by atoms with van der Waals surface area (Å²) in [7, 11) is 1.62. The van der Waals surface area contributed by atoms with E-state index < -0.39 is 0 Å². The average Bonchev–Trinajstić information content (AvgIpc) is 3.39. The number of carbonyl (C=O) groups is 2. The molecule has 178 valence electrons. The third-order valence-electron chi connectivity index (χ3n) is 5.95. The number of hydrogen-bond acceptors (Lipinski definition) is 5. The second kappa shape index (κ2) is 9.50. The molecule has 35 heavy (non-hydrogen) atoms. The molecule has 1 saturated carbocycles. The maximum atomic E-state index is 13.1. The fourth-order valence-electron chi connectivity index (χ4n) is 3.89. The Labute approximate surface area is 203 Å². The SMILES string of the molecule is COc1ccc(-c2cn(-c3ccc(C)cc3)c(NC(=O)CN(C(=O)c3ccco3)C3CC3)n2)cc1. The van der Waals surface area contributed by atoms with Gasteiger partial charge in [0.05, 0.1) is 19.1 Å². The van der Waals surface area contributed by atoms with Gasteiger partial charge in [-0.15, -0.1) is 0 Å². The molecule has 0 bridgehead atoms. The van der Waals surface area contributed by atoms with E-state index in [1.165, 1.54) is 6.26 Å². The first kappa shape index (κ1) is 22.5. The van der Waals surface area contributed by atoms with Gasteiger partial charge in [-0.1, -0.05) is 17.7 Å². The Morgan fingerprint density at radius 3 is 2.49 bits per heavy atom. The Morgan fingerprint density at radius 2 is 1.86 bits per heavy atom. The maximum Gasteiger partial charge on any atom is 0.290 e. The van der Waals surface area contributed by atoms with Crippen LogP contribution in [0.5, 0.6) is 5.75 Å². The first-order chi connectivity index (χ1) is 17.0. The zero-order valence-electron chi connectivity index (χ0n) is 19.6. The van der Waals surface area contributed by atoms with Crippen molar-refractivity contribution >= 4 is 17.8 Å². The molecule has 1 fully saturated rings. The molecule has 1 N–H and O–H groups in total. The zero-order valence-corrected chi connectivity index (χ0v) is 19.6. The summed E-state index contributed by atoms with van der Waals surface area (Å²) in [5.41, 5.74) is 3.59. The number of nitrogens with one attached hydrogen (secondary N) is 1. The third-order valence-corrected chi connectivity index (χ3v) is 5.95. The maximum absolute atomic E-state index is 13.1. The number of ether oxygens (including phenoxy) is 1. The first-order valence-corrected chi connectivity index (χ1v) is 11.5. The van der Waals surface area contributed by atoms with E-state index >= 15 is 0 Å². The standard InChI is InChI=1S/C27H26N4O4/c1-18-5-9-21(10-6-18)31-16-23(19-7-13-22(34-2)14-8-19)28-27(31)29-25(32)17-30(20-11-12-20)26(33)24-4-3-15-35-24/h3-10,13-16,20H,11-12,17H2,1-2H3,(H,28,29,32). The quantitative estimate of drug-likeness (QED) is 0.403. The van der Waals surface area contributed by atoms with Crippen LogP contribution in [0.1, 0.15) is 29.0 Å². The minimum atomic E-state index is -0.322. The van der Waals surface area contributed by atoms with Gasteiger partial charge < -0.3 is 14.1 Å². The largest absolute Gasteiger partial charge is 0.497 e. The molecule has 4 aromatic rings. The highest BCUT2D eigenvalue weighted by Gasteiger charge is 2.35. The molecule has 5 rings (SSSR count). The molecule has 0 radical (unpaired) electrons. The fourth-order valence-corrected chi connectivity index (χ4v) is 3.89. The Bertz CT molecular complexity index is 1320. The summed E-state index contributed by atoms with van der Waals surface area (Å²) in [6.07, 6.45) is 5.09. The number of imidazole rings is 1. The van der Waals surface area contributed by atoms with E-state index in [2.05, 4.69) is 5.32 Å². The van der Waals surface area contributed by atoms with Crippen LogP contribution in [0.3, 0.4) is 0 Å². The Balaban J connectivity index is 1.42. The monoisotopic (exact) mass is 470 g/mol. The van der Waals surface area contributed by atoms with Gasteiger partial charge in [0, 0.05) is 23.5 Å².